The number of thiazole rings is 1. The first-order valence-electron chi connectivity index (χ1n) is 7.92. The lowest BCUT2D eigenvalue weighted by Gasteiger charge is -2.16. The largest absolute Gasteiger partial charge is 0.377 e. The first-order valence-corrected chi connectivity index (χ1v) is 8.73. The molecule has 0 saturated carbocycles. The van der Waals surface area contributed by atoms with Crippen LogP contribution in [0.2, 0.25) is 0 Å². The molecular formula is C18H18N4O3S. The van der Waals surface area contributed by atoms with Crippen LogP contribution in [0.5, 0.6) is 0 Å². The number of hydrogen-bond acceptors (Lipinski definition) is 6. The lowest BCUT2D eigenvalue weighted by molar-refractivity contribution is -0.384. The number of carbonyl (C=O) groups is 1. The molecule has 8 heteroatoms. The Morgan fingerprint density at radius 3 is 2.50 bits per heavy atom. The van der Waals surface area contributed by atoms with Crippen molar-refractivity contribution in [2.75, 3.05) is 24.3 Å². The van der Waals surface area contributed by atoms with Crippen molar-refractivity contribution in [2.45, 2.75) is 13.8 Å². The van der Waals surface area contributed by atoms with E-state index in [9.17, 15) is 14.9 Å². The molecule has 0 bridgehead atoms. The molecule has 0 spiro atoms. The number of benzene rings is 2. The second-order valence-corrected chi connectivity index (χ2v) is 7.20. The standard InChI is InChI=1S/C18H18N4O3S/c1-10-5-6-11(2)16-15(10)19-18(26-16)20-17(23)13-9-12(22(24)25)7-8-14(13)21(3)4/h5-9H,1-4H3,(H,19,20,23). The Morgan fingerprint density at radius 1 is 1.19 bits per heavy atom. The number of nitro groups is 1. The molecule has 0 aliphatic carbocycles. The Morgan fingerprint density at radius 2 is 1.88 bits per heavy atom. The number of amides is 1. The maximum Gasteiger partial charge on any atom is 0.270 e. The molecule has 26 heavy (non-hydrogen) atoms. The monoisotopic (exact) mass is 370 g/mol. The van der Waals surface area contributed by atoms with Crippen molar-refractivity contribution in [2.24, 2.45) is 0 Å². The van der Waals surface area contributed by atoms with Gasteiger partial charge in [0.25, 0.3) is 11.6 Å². The van der Waals surface area contributed by atoms with Crippen LogP contribution < -0.4 is 10.2 Å². The smallest absolute Gasteiger partial charge is 0.270 e. The summed E-state index contributed by atoms with van der Waals surface area (Å²) in [4.78, 5) is 29.6. The van der Waals surface area contributed by atoms with Crippen molar-refractivity contribution >= 4 is 44.0 Å². The Hall–Kier alpha value is -3.00. The maximum atomic E-state index is 12.8. The molecule has 1 heterocycles. The van der Waals surface area contributed by atoms with Gasteiger partial charge in [0, 0.05) is 31.9 Å². The summed E-state index contributed by atoms with van der Waals surface area (Å²) in [5.41, 5.74) is 3.69. The number of non-ortho nitro benzene ring substituents is 1. The SMILES string of the molecule is Cc1ccc(C)c2sc(NC(=O)c3cc([N+](=O)[O-])ccc3N(C)C)nc12. The van der Waals surface area contributed by atoms with E-state index < -0.39 is 10.8 Å². The average molecular weight is 370 g/mol. The minimum atomic E-state index is -0.513. The summed E-state index contributed by atoms with van der Waals surface area (Å²) in [5.74, 6) is -0.424. The quantitative estimate of drug-likeness (QED) is 0.551. The minimum absolute atomic E-state index is 0.128. The van der Waals surface area contributed by atoms with Gasteiger partial charge in [-0.15, -0.1) is 0 Å². The first-order chi connectivity index (χ1) is 12.3. The molecule has 0 unspecified atom stereocenters. The van der Waals surface area contributed by atoms with Crippen molar-refractivity contribution in [1.29, 1.82) is 0 Å². The highest BCUT2D eigenvalue weighted by Gasteiger charge is 2.19. The summed E-state index contributed by atoms with van der Waals surface area (Å²) in [6.07, 6.45) is 0. The molecule has 7 nitrogen and oxygen atoms in total. The van der Waals surface area contributed by atoms with E-state index in [2.05, 4.69) is 10.3 Å². The number of aromatic nitrogens is 1. The third kappa shape index (κ3) is 3.23. The van der Waals surface area contributed by atoms with E-state index in [1.807, 2.05) is 26.0 Å². The van der Waals surface area contributed by atoms with Crippen LogP contribution in [0.1, 0.15) is 21.5 Å². The molecule has 0 radical (unpaired) electrons. The molecule has 0 saturated heterocycles. The normalized spacial score (nSPS) is 10.8. The summed E-state index contributed by atoms with van der Waals surface area (Å²) in [6, 6.07) is 8.25. The fourth-order valence-electron chi connectivity index (χ4n) is 2.69. The van der Waals surface area contributed by atoms with E-state index in [1.54, 1.807) is 25.1 Å². The molecular weight excluding hydrogens is 352 g/mol. The van der Waals surface area contributed by atoms with E-state index in [-0.39, 0.29) is 11.3 Å². The Kier molecular flexibility index (Phi) is 4.60. The molecule has 3 rings (SSSR count). The van der Waals surface area contributed by atoms with E-state index >= 15 is 0 Å². The number of nitro benzene ring substituents is 1. The lowest BCUT2D eigenvalue weighted by Crippen LogP contribution is -2.18. The second kappa shape index (κ2) is 6.72. The van der Waals surface area contributed by atoms with Crippen LogP contribution in [0.15, 0.2) is 30.3 Å². The number of aryl methyl sites for hydroxylation is 2. The van der Waals surface area contributed by atoms with Crippen LogP contribution in [0, 0.1) is 24.0 Å². The van der Waals surface area contributed by atoms with E-state index in [0.717, 1.165) is 21.3 Å². The molecule has 1 N–H and O–H groups in total. The number of nitrogens with zero attached hydrogens (tertiary/aromatic N) is 3. The van der Waals surface area contributed by atoms with Crippen LogP contribution in [-0.2, 0) is 0 Å². The molecule has 0 atom stereocenters. The number of carbonyl (C=O) groups excluding carboxylic acids is 1. The molecule has 0 aliphatic heterocycles. The highest BCUT2D eigenvalue weighted by atomic mass is 32.1. The predicted molar refractivity (Wildman–Crippen MR) is 104 cm³/mol. The fourth-order valence-corrected chi connectivity index (χ4v) is 3.69. The zero-order valence-corrected chi connectivity index (χ0v) is 15.7. The summed E-state index contributed by atoms with van der Waals surface area (Å²) >= 11 is 1.40. The topological polar surface area (TPSA) is 88.4 Å². The Balaban J connectivity index is 2.00. The molecule has 0 fully saturated rings. The summed E-state index contributed by atoms with van der Waals surface area (Å²) in [7, 11) is 3.56. The number of anilines is 2. The van der Waals surface area contributed by atoms with Gasteiger partial charge in [-0.3, -0.25) is 20.2 Å². The molecule has 1 amide bonds. The Labute approximate surface area is 154 Å². The molecule has 1 aromatic heterocycles. The van der Waals surface area contributed by atoms with Gasteiger partial charge in [0.2, 0.25) is 0 Å². The number of rotatable bonds is 4. The van der Waals surface area contributed by atoms with Gasteiger partial charge < -0.3 is 4.90 Å². The maximum absolute atomic E-state index is 12.8. The zero-order valence-electron chi connectivity index (χ0n) is 14.9. The third-order valence-corrected chi connectivity index (χ3v) is 5.19. The molecule has 3 aromatic rings. The summed E-state index contributed by atoms with van der Waals surface area (Å²) in [5, 5.41) is 14.3. The fraction of sp³-hybridized carbons (Fsp3) is 0.222. The molecule has 134 valence electrons. The van der Waals surface area contributed by atoms with Crippen LogP contribution in [-0.4, -0.2) is 29.9 Å². The van der Waals surface area contributed by atoms with Gasteiger partial charge in [-0.1, -0.05) is 23.5 Å². The van der Waals surface area contributed by atoms with Gasteiger partial charge >= 0.3 is 0 Å². The van der Waals surface area contributed by atoms with Gasteiger partial charge in [-0.2, -0.15) is 0 Å². The second-order valence-electron chi connectivity index (χ2n) is 6.20. The van der Waals surface area contributed by atoms with E-state index in [1.165, 1.54) is 23.5 Å². The average Bonchev–Trinajstić information content (AvgIpc) is 3.02. The number of nitrogens with one attached hydrogen (secondary N) is 1. The van der Waals surface area contributed by atoms with Gasteiger partial charge in [0.05, 0.1) is 20.7 Å². The Bertz CT molecular complexity index is 988. The van der Waals surface area contributed by atoms with Crippen molar-refractivity contribution in [3.05, 3.63) is 57.1 Å². The van der Waals surface area contributed by atoms with E-state index in [4.69, 9.17) is 0 Å². The van der Waals surface area contributed by atoms with Crippen molar-refractivity contribution in [3.63, 3.8) is 0 Å². The van der Waals surface area contributed by atoms with Crippen molar-refractivity contribution in [3.8, 4) is 0 Å². The number of hydrogen-bond donors (Lipinski definition) is 1. The predicted octanol–water partition coefficient (Wildman–Crippen LogP) is 4.14. The van der Waals surface area contributed by atoms with Gasteiger partial charge in [0.1, 0.15) is 0 Å². The first kappa shape index (κ1) is 17.8. The van der Waals surface area contributed by atoms with Gasteiger partial charge in [-0.25, -0.2) is 4.98 Å². The van der Waals surface area contributed by atoms with Crippen LogP contribution in [0.25, 0.3) is 10.2 Å². The van der Waals surface area contributed by atoms with Gasteiger partial charge in [0.15, 0.2) is 5.13 Å². The van der Waals surface area contributed by atoms with Gasteiger partial charge in [-0.05, 0) is 31.0 Å². The summed E-state index contributed by atoms with van der Waals surface area (Å²) < 4.78 is 1.02. The van der Waals surface area contributed by atoms with Crippen molar-refractivity contribution < 1.29 is 9.72 Å². The van der Waals surface area contributed by atoms with Crippen molar-refractivity contribution in [1.82, 2.24) is 4.98 Å². The molecule has 2 aromatic carbocycles. The zero-order chi connectivity index (χ0) is 19.0. The molecule has 0 aliphatic rings. The van der Waals surface area contributed by atoms with Crippen LogP contribution >= 0.6 is 11.3 Å². The van der Waals surface area contributed by atoms with Crippen LogP contribution in [0.3, 0.4) is 0 Å². The lowest BCUT2D eigenvalue weighted by atomic mass is 10.1. The third-order valence-electron chi connectivity index (χ3n) is 4.08. The highest BCUT2D eigenvalue weighted by Crippen LogP contribution is 2.32. The highest BCUT2D eigenvalue weighted by molar-refractivity contribution is 7.22. The minimum Gasteiger partial charge on any atom is -0.377 e. The summed E-state index contributed by atoms with van der Waals surface area (Å²) in [6.45, 7) is 3.97. The van der Waals surface area contributed by atoms with Crippen LogP contribution in [0.4, 0.5) is 16.5 Å². The number of fused-ring (bicyclic) bond motifs is 1. The van der Waals surface area contributed by atoms with E-state index in [0.29, 0.717) is 10.8 Å².